The average Bonchev–Trinajstić information content (AvgIpc) is 2.64. The quantitative estimate of drug-likeness (QED) is 0.248. The number of unbranched alkanes of at least 4 members (excludes halogenated alkanes) is 1. The van der Waals surface area contributed by atoms with E-state index in [2.05, 4.69) is 57.8 Å². The summed E-state index contributed by atoms with van der Waals surface area (Å²) in [5.41, 5.74) is 1.40. The van der Waals surface area contributed by atoms with Crippen LogP contribution in [0.1, 0.15) is 44.6 Å². The van der Waals surface area contributed by atoms with Crippen LogP contribution < -0.4 is 10.6 Å². The van der Waals surface area contributed by atoms with Gasteiger partial charge >= 0.3 is 0 Å². The highest BCUT2D eigenvalue weighted by Crippen LogP contribution is 2.15. The van der Waals surface area contributed by atoms with E-state index in [-0.39, 0.29) is 24.0 Å². The van der Waals surface area contributed by atoms with Crippen molar-refractivity contribution in [3.63, 3.8) is 0 Å². The average molecular weight is 472 g/mol. The standard InChI is InChI=1S/C21H36N4.HI/c1-19-10-9-17-25(18-19)16-7-6-14-23-21(22-2)24-15-8-13-20-11-4-3-5-12-20;/h3-5,11-12,19H,6-10,13-18H2,1-2H3,(H2,22,23,24);1H. The first kappa shape index (κ1) is 23.2. The highest BCUT2D eigenvalue weighted by Gasteiger charge is 2.15. The normalized spacial score (nSPS) is 18.2. The van der Waals surface area contributed by atoms with Gasteiger partial charge in [-0.15, -0.1) is 24.0 Å². The fourth-order valence-corrected chi connectivity index (χ4v) is 3.52. The number of guanidine groups is 1. The van der Waals surface area contributed by atoms with Crippen LogP contribution >= 0.6 is 24.0 Å². The van der Waals surface area contributed by atoms with Crippen molar-refractivity contribution in [2.24, 2.45) is 10.9 Å². The summed E-state index contributed by atoms with van der Waals surface area (Å²) in [5, 5.41) is 6.85. The zero-order valence-corrected chi connectivity index (χ0v) is 18.9. The zero-order chi connectivity index (χ0) is 17.7. The molecule has 2 N–H and O–H groups in total. The number of nitrogens with one attached hydrogen (secondary N) is 2. The minimum atomic E-state index is 0. The van der Waals surface area contributed by atoms with Crippen LogP contribution in [0.2, 0.25) is 0 Å². The number of halogens is 1. The molecule has 1 aromatic rings. The van der Waals surface area contributed by atoms with Crippen LogP contribution in [0.3, 0.4) is 0 Å². The van der Waals surface area contributed by atoms with Crippen molar-refractivity contribution in [3.05, 3.63) is 35.9 Å². The van der Waals surface area contributed by atoms with Crippen molar-refractivity contribution in [3.8, 4) is 0 Å². The molecular weight excluding hydrogens is 435 g/mol. The van der Waals surface area contributed by atoms with Gasteiger partial charge in [-0.05, 0) is 63.1 Å². The van der Waals surface area contributed by atoms with Crippen LogP contribution in [0, 0.1) is 5.92 Å². The molecule has 4 nitrogen and oxygen atoms in total. The van der Waals surface area contributed by atoms with E-state index in [1.54, 1.807) is 0 Å². The second-order valence-corrected chi connectivity index (χ2v) is 7.27. The molecule has 2 rings (SSSR count). The molecule has 0 spiro atoms. The lowest BCUT2D eigenvalue weighted by Crippen LogP contribution is -2.39. The first-order valence-corrected chi connectivity index (χ1v) is 9.98. The second-order valence-electron chi connectivity index (χ2n) is 7.27. The molecule has 0 saturated carbocycles. The van der Waals surface area contributed by atoms with Gasteiger partial charge < -0.3 is 15.5 Å². The van der Waals surface area contributed by atoms with Crippen LogP contribution in [-0.2, 0) is 6.42 Å². The molecule has 1 unspecified atom stereocenters. The lowest BCUT2D eigenvalue weighted by atomic mass is 10.0. The van der Waals surface area contributed by atoms with Gasteiger partial charge in [0.2, 0.25) is 0 Å². The van der Waals surface area contributed by atoms with Crippen molar-refractivity contribution in [2.45, 2.75) is 45.4 Å². The number of nitrogens with zero attached hydrogens (tertiary/aromatic N) is 2. The van der Waals surface area contributed by atoms with Gasteiger partial charge in [0.15, 0.2) is 5.96 Å². The molecule has 1 heterocycles. The number of rotatable bonds is 9. The summed E-state index contributed by atoms with van der Waals surface area (Å²) in [6.45, 7) is 8.17. The molecule has 0 bridgehead atoms. The monoisotopic (exact) mass is 472 g/mol. The van der Waals surface area contributed by atoms with E-state index in [4.69, 9.17) is 0 Å². The second kappa shape index (κ2) is 14.3. The molecule has 148 valence electrons. The maximum atomic E-state index is 4.31. The van der Waals surface area contributed by atoms with Gasteiger partial charge in [0.1, 0.15) is 0 Å². The van der Waals surface area contributed by atoms with Gasteiger partial charge in [0, 0.05) is 26.7 Å². The molecule has 5 heteroatoms. The molecule has 1 fully saturated rings. The van der Waals surface area contributed by atoms with Crippen molar-refractivity contribution < 1.29 is 0 Å². The summed E-state index contributed by atoms with van der Waals surface area (Å²) in [7, 11) is 1.85. The Labute approximate surface area is 177 Å². The Morgan fingerprint density at radius 2 is 1.85 bits per heavy atom. The molecular formula is C21H37IN4. The Hall–Kier alpha value is -0.820. The maximum absolute atomic E-state index is 4.31. The van der Waals surface area contributed by atoms with E-state index in [0.29, 0.717) is 0 Å². The number of benzene rings is 1. The van der Waals surface area contributed by atoms with E-state index in [1.807, 2.05) is 7.05 Å². The van der Waals surface area contributed by atoms with Gasteiger partial charge in [-0.3, -0.25) is 4.99 Å². The minimum Gasteiger partial charge on any atom is -0.356 e. The molecule has 0 amide bonds. The van der Waals surface area contributed by atoms with Gasteiger partial charge in [0.05, 0.1) is 0 Å². The van der Waals surface area contributed by atoms with Crippen LogP contribution in [0.5, 0.6) is 0 Å². The predicted octanol–water partition coefficient (Wildman–Crippen LogP) is 3.91. The van der Waals surface area contributed by atoms with E-state index < -0.39 is 0 Å². The Kier molecular flexibility index (Phi) is 12.7. The molecule has 1 aliphatic rings. The molecule has 1 aromatic carbocycles. The number of aliphatic imine (C=N–C) groups is 1. The Bertz CT molecular complexity index is 492. The topological polar surface area (TPSA) is 39.7 Å². The van der Waals surface area contributed by atoms with Crippen LogP contribution in [-0.4, -0.2) is 50.6 Å². The van der Waals surface area contributed by atoms with Crippen molar-refractivity contribution in [1.82, 2.24) is 15.5 Å². The van der Waals surface area contributed by atoms with Crippen molar-refractivity contribution in [2.75, 3.05) is 39.8 Å². The molecule has 26 heavy (non-hydrogen) atoms. The number of aryl methyl sites for hydroxylation is 1. The number of hydrogen-bond acceptors (Lipinski definition) is 2. The number of piperidine rings is 1. The van der Waals surface area contributed by atoms with Crippen LogP contribution in [0.4, 0.5) is 0 Å². The van der Waals surface area contributed by atoms with Crippen LogP contribution in [0.15, 0.2) is 35.3 Å². The van der Waals surface area contributed by atoms with E-state index in [9.17, 15) is 0 Å². The molecule has 0 aliphatic carbocycles. The highest BCUT2D eigenvalue weighted by molar-refractivity contribution is 14.0. The van der Waals surface area contributed by atoms with Gasteiger partial charge in [-0.1, -0.05) is 37.3 Å². The third-order valence-electron chi connectivity index (χ3n) is 4.94. The maximum Gasteiger partial charge on any atom is 0.190 e. The third kappa shape index (κ3) is 9.76. The number of likely N-dealkylation sites (tertiary alicyclic amines) is 1. The summed E-state index contributed by atoms with van der Waals surface area (Å²) in [4.78, 5) is 6.94. The summed E-state index contributed by atoms with van der Waals surface area (Å²) in [5.74, 6) is 1.81. The first-order chi connectivity index (χ1) is 12.3. The number of hydrogen-bond donors (Lipinski definition) is 2. The van der Waals surface area contributed by atoms with Gasteiger partial charge in [-0.25, -0.2) is 0 Å². The lowest BCUT2D eigenvalue weighted by Gasteiger charge is -2.30. The van der Waals surface area contributed by atoms with Crippen molar-refractivity contribution in [1.29, 1.82) is 0 Å². The summed E-state index contributed by atoms with van der Waals surface area (Å²) < 4.78 is 0. The summed E-state index contributed by atoms with van der Waals surface area (Å²) in [6, 6.07) is 10.7. The van der Waals surface area contributed by atoms with Crippen LogP contribution in [0.25, 0.3) is 0 Å². The molecule has 1 saturated heterocycles. The SMILES string of the molecule is CN=C(NCCCCN1CCCC(C)C1)NCCCc1ccccc1.I. The fourth-order valence-electron chi connectivity index (χ4n) is 3.52. The Balaban J connectivity index is 0.00000338. The van der Waals surface area contributed by atoms with E-state index in [1.165, 1.54) is 50.9 Å². The lowest BCUT2D eigenvalue weighted by molar-refractivity contribution is 0.181. The zero-order valence-electron chi connectivity index (χ0n) is 16.5. The molecule has 1 aliphatic heterocycles. The Morgan fingerprint density at radius 1 is 1.12 bits per heavy atom. The molecule has 1 atom stereocenters. The van der Waals surface area contributed by atoms with Gasteiger partial charge in [0.25, 0.3) is 0 Å². The predicted molar refractivity (Wildman–Crippen MR) is 124 cm³/mol. The minimum absolute atomic E-state index is 0. The smallest absolute Gasteiger partial charge is 0.190 e. The largest absolute Gasteiger partial charge is 0.356 e. The third-order valence-corrected chi connectivity index (χ3v) is 4.94. The molecule has 0 aromatic heterocycles. The molecule has 0 radical (unpaired) electrons. The summed E-state index contributed by atoms with van der Waals surface area (Å²) in [6.07, 6.45) is 7.49. The fraction of sp³-hybridized carbons (Fsp3) is 0.667. The van der Waals surface area contributed by atoms with E-state index in [0.717, 1.165) is 37.8 Å². The Morgan fingerprint density at radius 3 is 2.54 bits per heavy atom. The van der Waals surface area contributed by atoms with Gasteiger partial charge in [-0.2, -0.15) is 0 Å². The summed E-state index contributed by atoms with van der Waals surface area (Å²) >= 11 is 0. The van der Waals surface area contributed by atoms with E-state index >= 15 is 0 Å². The highest BCUT2D eigenvalue weighted by atomic mass is 127. The van der Waals surface area contributed by atoms with Crippen molar-refractivity contribution >= 4 is 29.9 Å². The first-order valence-electron chi connectivity index (χ1n) is 9.98.